The first kappa shape index (κ1) is 33.6. The van der Waals surface area contributed by atoms with Gasteiger partial charge in [0.05, 0.1) is 28.1 Å². The average molecular weight is 660 g/mol. The Morgan fingerprint density at radius 2 is 1.89 bits per heavy atom. The molecule has 0 spiro atoms. The van der Waals surface area contributed by atoms with E-state index < -0.39 is 50.3 Å². The van der Waals surface area contributed by atoms with Gasteiger partial charge in [0, 0.05) is 31.4 Å². The molecule has 0 amide bonds. The molecule has 1 saturated heterocycles. The summed E-state index contributed by atoms with van der Waals surface area (Å²) in [7, 11) is -4.12. The van der Waals surface area contributed by atoms with Crippen LogP contribution in [0.4, 0.5) is 17.6 Å². The van der Waals surface area contributed by atoms with Crippen LogP contribution in [0.5, 0.6) is 5.75 Å². The monoisotopic (exact) mass is 659 g/mol. The molecule has 4 atom stereocenters. The Labute approximate surface area is 256 Å². The molecular formula is C29H30ClF4N3O6S. The van der Waals surface area contributed by atoms with Gasteiger partial charge >= 0.3 is 6.18 Å². The zero-order valence-electron chi connectivity index (χ0n) is 23.2. The van der Waals surface area contributed by atoms with Gasteiger partial charge in [0.25, 0.3) is 6.47 Å². The summed E-state index contributed by atoms with van der Waals surface area (Å²) in [5.41, 5.74) is 0.0629. The summed E-state index contributed by atoms with van der Waals surface area (Å²) in [4.78, 5) is 17.4. The highest BCUT2D eigenvalue weighted by Gasteiger charge is 2.40. The number of hydrogen-bond donors (Lipinski definition) is 2. The molecule has 0 bridgehead atoms. The Morgan fingerprint density at radius 3 is 2.52 bits per heavy atom. The van der Waals surface area contributed by atoms with Crippen molar-refractivity contribution >= 4 is 27.9 Å². The Morgan fingerprint density at radius 1 is 1.14 bits per heavy atom. The molecule has 2 aromatic carbocycles. The summed E-state index contributed by atoms with van der Waals surface area (Å²) in [6.07, 6.45) is -0.959. The smallest absolute Gasteiger partial charge is 0.416 e. The lowest BCUT2D eigenvalue weighted by Gasteiger charge is -2.41. The highest BCUT2D eigenvalue weighted by molar-refractivity contribution is 7.90. The number of aliphatic hydroxyl groups is 1. The summed E-state index contributed by atoms with van der Waals surface area (Å²) < 4.78 is 87.2. The molecule has 2 N–H and O–H groups in total. The third kappa shape index (κ3) is 8.23. The number of aromatic nitrogens is 2. The van der Waals surface area contributed by atoms with Gasteiger partial charge in [0.15, 0.2) is 9.84 Å². The molecule has 2 aliphatic rings. The number of aliphatic hydroxyl groups excluding tert-OH is 1. The summed E-state index contributed by atoms with van der Waals surface area (Å²) in [6, 6.07) is 8.40. The first-order valence-corrected chi connectivity index (χ1v) is 15.7. The second-order valence-corrected chi connectivity index (χ2v) is 12.9. The van der Waals surface area contributed by atoms with Crippen LogP contribution in [0.15, 0.2) is 59.9 Å². The van der Waals surface area contributed by atoms with Gasteiger partial charge in [0.1, 0.15) is 28.9 Å². The van der Waals surface area contributed by atoms with Crippen molar-refractivity contribution in [2.75, 3.05) is 13.1 Å². The highest BCUT2D eigenvalue weighted by atomic mass is 35.5. The Bertz CT molecular complexity index is 1550. The zero-order valence-corrected chi connectivity index (χ0v) is 24.8. The van der Waals surface area contributed by atoms with Gasteiger partial charge in [-0.05, 0) is 55.4 Å². The fraction of sp³-hybridized carbons (Fsp3) is 0.414. The first-order valence-electron chi connectivity index (χ1n) is 13.6. The molecule has 2 heterocycles. The van der Waals surface area contributed by atoms with Crippen molar-refractivity contribution in [1.29, 1.82) is 0 Å². The normalized spacial score (nSPS) is 22.6. The molecule has 44 heavy (non-hydrogen) atoms. The maximum Gasteiger partial charge on any atom is 0.416 e. The van der Waals surface area contributed by atoms with Gasteiger partial charge in [-0.1, -0.05) is 29.8 Å². The third-order valence-electron chi connectivity index (χ3n) is 7.68. The number of carbonyl (C=O) groups is 1. The number of hydrogen-bond acceptors (Lipinski definition) is 8. The third-order valence-corrected chi connectivity index (χ3v) is 9.64. The number of halogens is 5. The Kier molecular flexibility index (Phi) is 10.8. The SMILES string of the molecule is O=CO.O=S(=O)(Cc1ccncn1)c1cc(Cl)c(O[C@H]2CC[C@H](c3cccc(C(F)(F)F)c3)C[C@@H]2N2CCC(O)C2)cc1F. The number of rotatable bonds is 7. The number of ether oxygens (including phenoxy) is 1. The van der Waals surface area contributed by atoms with E-state index in [0.29, 0.717) is 44.3 Å². The van der Waals surface area contributed by atoms with Crippen LogP contribution in [-0.4, -0.2) is 71.3 Å². The largest absolute Gasteiger partial charge is 0.487 e. The van der Waals surface area contributed by atoms with E-state index in [0.717, 1.165) is 18.2 Å². The topological polar surface area (TPSA) is 130 Å². The van der Waals surface area contributed by atoms with Crippen molar-refractivity contribution in [3.05, 3.63) is 82.6 Å². The van der Waals surface area contributed by atoms with E-state index in [1.165, 1.54) is 30.7 Å². The van der Waals surface area contributed by atoms with Crippen LogP contribution in [-0.2, 0) is 26.6 Å². The van der Waals surface area contributed by atoms with Crippen molar-refractivity contribution in [2.24, 2.45) is 0 Å². The van der Waals surface area contributed by atoms with Crippen LogP contribution in [0.25, 0.3) is 0 Å². The van der Waals surface area contributed by atoms with Gasteiger partial charge in [-0.3, -0.25) is 9.69 Å². The summed E-state index contributed by atoms with van der Waals surface area (Å²) in [6.45, 7) is 0.700. The lowest BCUT2D eigenvalue weighted by Crippen LogP contribution is -2.48. The van der Waals surface area contributed by atoms with E-state index in [1.54, 1.807) is 6.07 Å². The molecule has 1 unspecified atom stereocenters. The van der Waals surface area contributed by atoms with Crippen molar-refractivity contribution in [3.8, 4) is 5.75 Å². The molecule has 238 valence electrons. The van der Waals surface area contributed by atoms with Crippen LogP contribution < -0.4 is 4.74 Å². The number of alkyl halides is 3. The second kappa shape index (κ2) is 14.2. The van der Waals surface area contributed by atoms with Crippen molar-refractivity contribution in [3.63, 3.8) is 0 Å². The maximum absolute atomic E-state index is 15.2. The van der Waals surface area contributed by atoms with Crippen LogP contribution in [0.1, 0.15) is 48.4 Å². The van der Waals surface area contributed by atoms with Crippen molar-refractivity contribution < 1.29 is 45.7 Å². The van der Waals surface area contributed by atoms with E-state index in [4.69, 9.17) is 26.2 Å². The van der Waals surface area contributed by atoms with Gasteiger partial charge in [-0.15, -0.1) is 0 Å². The van der Waals surface area contributed by atoms with Crippen molar-refractivity contribution in [1.82, 2.24) is 14.9 Å². The van der Waals surface area contributed by atoms with Crippen LogP contribution in [0.2, 0.25) is 5.02 Å². The summed E-state index contributed by atoms with van der Waals surface area (Å²) >= 11 is 6.40. The lowest BCUT2D eigenvalue weighted by molar-refractivity contribution is -0.137. The minimum Gasteiger partial charge on any atom is -0.487 e. The second-order valence-electron chi connectivity index (χ2n) is 10.6. The van der Waals surface area contributed by atoms with Gasteiger partial charge in [-0.2, -0.15) is 13.2 Å². The quantitative estimate of drug-likeness (QED) is 0.262. The molecule has 1 saturated carbocycles. The van der Waals surface area contributed by atoms with Gasteiger partial charge in [0.2, 0.25) is 0 Å². The summed E-state index contributed by atoms with van der Waals surface area (Å²) in [5, 5.41) is 17.0. The Balaban J connectivity index is 0.00000141. The standard InChI is InChI=1S/C28H28ClF4N3O4S.CH2O2/c29-22-12-27(41(38,39)15-20-6-8-34-16-35-20)23(30)13-26(22)40-25-5-4-18(11-24(25)36-9-7-21(37)14-36)17-2-1-3-19(10-17)28(31,32)33;2-1-3/h1-3,6,8,10,12-13,16,18,21,24-25,37H,4-5,7,9,11,14-15H2;1H,(H,2,3)/t18-,21?,24-,25-;/m0./s1. The first-order chi connectivity index (χ1) is 20.8. The molecule has 1 aliphatic heterocycles. The molecule has 0 radical (unpaired) electrons. The van der Waals surface area contributed by atoms with E-state index in [2.05, 4.69) is 9.97 Å². The number of carboxylic acid groups (broad SMARTS) is 1. The van der Waals surface area contributed by atoms with Crippen LogP contribution >= 0.6 is 11.6 Å². The zero-order chi connectivity index (χ0) is 32.1. The molecule has 9 nitrogen and oxygen atoms in total. The van der Waals surface area contributed by atoms with E-state index in [-0.39, 0.29) is 34.9 Å². The molecular weight excluding hydrogens is 630 g/mol. The van der Waals surface area contributed by atoms with Gasteiger partial charge in [-0.25, -0.2) is 22.8 Å². The van der Waals surface area contributed by atoms with E-state index in [1.807, 2.05) is 4.90 Å². The van der Waals surface area contributed by atoms with Crippen molar-refractivity contribution in [2.45, 2.75) is 66.7 Å². The van der Waals surface area contributed by atoms with Crippen LogP contribution in [0.3, 0.4) is 0 Å². The van der Waals surface area contributed by atoms with E-state index in [9.17, 15) is 26.7 Å². The predicted octanol–water partition coefficient (Wildman–Crippen LogP) is 5.11. The summed E-state index contributed by atoms with van der Waals surface area (Å²) in [5.74, 6) is -1.77. The number of benzene rings is 2. The molecule has 5 rings (SSSR count). The fourth-order valence-electron chi connectivity index (χ4n) is 5.66. The number of likely N-dealkylation sites (tertiary alicyclic amines) is 1. The number of β-amino-alcohol motifs (C(OH)–C–C–N with tert-alkyl or cyclic N) is 1. The number of nitrogens with zero attached hydrogens (tertiary/aromatic N) is 3. The molecule has 1 aliphatic carbocycles. The maximum atomic E-state index is 15.2. The molecule has 2 fully saturated rings. The molecule has 15 heteroatoms. The predicted molar refractivity (Wildman–Crippen MR) is 151 cm³/mol. The fourth-order valence-corrected chi connectivity index (χ4v) is 7.30. The minimum absolute atomic E-state index is 0.0302. The highest BCUT2D eigenvalue weighted by Crippen LogP contribution is 2.41. The van der Waals surface area contributed by atoms with Gasteiger partial charge < -0.3 is 14.9 Å². The number of sulfone groups is 1. The lowest BCUT2D eigenvalue weighted by atomic mass is 9.79. The van der Waals surface area contributed by atoms with E-state index >= 15 is 4.39 Å². The van der Waals surface area contributed by atoms with Crippen LogP contribution in [0, 0.1) is 5.82 Å². The minimum atomic E-state index is -4.45. The molecule has 3 aromatic rings. The average Bonchev–Trinajstić information content (AvgIpc) is 3.41. The molecule has 1 aromatic heterocycles. The Hall–Kier alpha value is -3.33.